The number of aromatic nitrogens is 1. The highest BCUT2D eigenvalue weighted by Gasteiger charge is 2.12. The van der Waals surface area contributed by atoms with Gasteiger partial charge in [0.2, 0.25) is 5.91 Å². The Morgan fingerprint density at radius 3 is 2.77 bits per heavy atom. The molecule has 1 aromatic heterocycles. The van der Waals surface area contributed by atoms with Gasteiger partial charge in [-0.25, -0.2) is 0 Å². The molecule has 0 spiro atoms. The number of amides is 1. The van der Waals surface area contributed by atoms with Crippen molar-refractivity contribution in [2.45, 2.75) is 13.5 Å². The second kappa shape index (κ2) is 8.26. The van der Waals surface area contributed by atoms with Crippen LogP contribution < -0.4 is 5.32 Å². The highest BCUT2D eigenvalue weighted by Crippen LogP contribution is 2.13. The molecule has 1 heterocycles. The molecule has 0 unspecified atom stereocenters. The van der Waals surface area contributed by atoms with Crippen LogP contribution in [0.15, 0.2) is 48.8 Å². The normalized spacial score (nSPS) is 10.7. The summed E-state index contributed by atoms with van der Waals surface area (Å²) in [5.74, 6) is -0.0911. The van der Waals surface area contributed by atoms with Gasteiger partial charge in [0.1, 0.15) is 0 Å². The van der Waals surface area contributed by atoms with Crippen LogP contribution in [0.2, 0.25) is 0 Å². The molecule has 5 heteroatoms. The van der Waals surface area contributed by atoms with Crippen LogP contribution in [0.3, 0.4) is 0 Å². The minimum atomic E-state index is -0.0911. The van der Waals surface area contributed by atoms with Gasteiger partial charge in [-0.3, -0.25) is 14.7 Å². The first-order valence-corrected chi connectivity index (χ1v) is 7.26. The van der Waals surface area contributed by atoms with E-state index >= 15 is 0 Å². The lowest BCUT2D eigenvalue weighted by Gasteiger charge is -2.21. The second-order valence-electron chi connectivity index (χ2n) is 5.16. The van der Waals surface area contributed by atoms with Crippen LogP contribution in [0.25, 0.3) is 0 Å². The first kappa shape index (κ1) is 16.1. The lowest BCUT2D eigenvalue weighted by atomic mass is 10.2. The molecule has 0 atom stereocenters. The van der Waals surface area contributed by atoms with E-state index in [0.717, 1.165) is 16.8 Å². The van der Waals surface area contributed by atoms with E-state index in [1.54, 1.807) is 12.4 Å². The number of pyridine rings is 1. The molecule has 0 bridgehead atoms. The Bertz CT molecular complexity index is 602. The Morgan fingerprint density at radius 1 is 1.27 bits per heavy atom. The highest BCUT2D eigenvalue weighted by atomic mass is 16.3. The summed E-state index contributed by atoms with van der Waals surface area (Å²) in [4.78, 5) is 18.2. The lowest BCUT2D eigenvalue weighted by molar-refractivity contribution is -0.117. The number of carbonyl (C=O) groups is 1. The van der Waals surface area contributed by atoms with Crippen molar-refractivity contribution in [3.8, 4) is 0 Å². The van der Waals surface area contributed by atoms with Gasteiger partial charge in [-0.2, -0.15) is 0 Å². The van der Waals surface area contributed by atoms with E-state index < -0.39 is 0 Å². The third-order valence-electron chi connectivity index (χ3n) is 3.33. The van der Waals surface area contributed by atoms with E-state index in [2.05, 4.69) is 10.3 Å². The van der Waals surface area contributed by atoms with Gasteiger partial charge < -0.3 is 10.4 Å². The van der Waals surface area contributed by atoms with Crippen LogP contribution in [-0.4, -0.2) is 40.6 Å². The van der Waals surface area contributed by atoms with Gasteiger partial charge in [-0.05, 0) is 30.2 Å². The van der Waals surface area contributed by atoms with Gasteiger partial charge in [0.15, 0.2) is 0 Å². The molecule has 0 saturated heterocycles. The zero-order valence-corrected chi connectivity index (χ0v) is 12.7. The lowest BCUT2D eigenvalue weighted by Crippen LogP contribution is -2.35. The number of hydrogen-bond acceptors (Lipinski definition) is 4. The molecule has 0 aliphatic heterocycles. The third kappa shape index (κ3) is 4.95. The van der Waals surface area contributed by atoms with Crippen molar-refractivity contribution < 1.29 is 9.90 Å². The quantitative estimate of drug-likeness (QED) is 0.818. The number of anilines is 1. The molecule has 0 saturated carbocycles. The zero-order chi connectivity index (χ0) is 15.8. The van der Waals surface area contributed by atoms with Crippen LogP contribution in [0.4, 0.5) is 5.69 Å². The third-order valence-corrected chi connectivity index (χ3v) is 3.33. The molecule has 0 radical (unpaired) electrons. The molecule has 5 nitrogen and oxygen atoms in total. The van der Waals surface area contributed by atoms with E-state index in [1.165, 1.54) is 0 Å². The molecule has 2 aromatic rings. The molecule has 1 amide bonds. The minimum Gasteiger partial charge on any atom is -0.395 e. The molecular weight excluding hydrogens is 278 g/mol. The predicted octanol–water partition coefficient (Wildman–Crippen LogP) is 1.82. The SMILES string of the molecule is Cc1ccccc1NC(=O)CN(CCO)Cc1cccnc1. The molecule has 2 N–H and O–H groups in total. The molecule has 0 fully saturated rings. The molecule has 2 rings (SSSR count). The van der Waals surface area contributed by atoms with E-state index in [1.807, 2.05) is 48.2 Å². The van der Waals surface area contributed by atoms with E-state index in [9.17, 15) is 9.90 Å². The number of benzene rings is 1. The van der Waals surface area contributed by atoms with E-state index in [-0.39, 0.29) is 19.1 Å². The Labute approximate surface area is 130 Å². The summed E-state index contributed by atoms with van der Waals surface area (Å²) >= 11 is 0. The van der Waals surface area contributed by atoms with Gasteiger partial charge in [0.25, 0.3) is 0 Å². The summed E-state index contributed by atoms with van der Waals surface area (Å²) < 4.78 is 0. The van der Waals surface area contributed by atoms with Gasteiger partial charge in [-0.15, -0.1) is 0 Å². The van der Waals surface area contributed by atoms with Crippen molar-refractivity contribution in [2.75, 3.05) is 25.0 Å². The van der Waals surface area contributed by atoms with Gasteiger partial charge in [0.05, 0.1) is 13.2 Å². The molecule has 0 aliphatic carbocycles. The molecule has 0 aliphatic rings. The maximum absolute atomic E-state index is 12.2. The largest absolute Gasteiger partial charge is 0.395 e. The maximum atomic E-state index is 12.2. The van der Waals surface area contributed by atoms with Gasteiger partial charge in [0, 0.05) is 31.2 Å². The van der Waals surface area contributed by atoms with Crippen LogP contribution in [0.1, 0.15) is 11.1 Å². The smallest absolute Gasteiger partial charge is 0.238 e. The Balaban J connectivity index is 1.95. The number of hydrogen-bond donors (Lipinski definition) is 2. The fourth-order valence-electron chi connectivity index (χ4n) is 2.21. The number of nitrogens with one attached hydrogen (secondary N) is 1. The molecule has 22 heavy (non-hydrogen) atoms. The standard InChI is InChI=1S/C17H21N3O2/c1-14-5-2-3-7-16(14)19-17(22)13-20(9-10-21)12-15-6-4-8-18-11-15/h2-8,11,21H,9-10,12-13H2,1H3,(H,19,22). The number of aliphatic hydroxyl groups is 1. The molecular formula is C17H21N3O2. The summed E-state index contributed by atoms with van der Waals surface area (Å²) in [5.41, 5.74) is 2.86. The van der Waals surface area contributed by atoms with Crippen molar-refractivity contribution in [2.24, 2.45) is 0 Å². The topological polar surface area (TPSA) is 65.5 Å². The molecule has 1 aromatic carbocycles. The summed E-state index contributed by atoms with van der Waals surface area (Å²) in [6.45, 7) is 3.21. The fourth-order valence-corrected chi connectivity index (χ4v) is 2.21. The summed E-state index contributed by atoms with van der Waals surface area (Å²) in [6, 6.07) is 11.5. The summed E-state index contributed by atoms with van der Waals surface area (Å²) in [6.07, 6.45) is 3.48. The van der Waals surface area contributed by atoms with Crippen LogP contribution in [0.5, 0.6) is 0 Å². The average molecular weight is 299 g/mol. The minimum absolute atomic E-state index is 0.0118. The Morgan fingerprint density at radius 2 is 2.09 bits per heavy atom. The number of nitrogens with zero attached hydrogens (tertiary/aromatic N) is 2. The number of aryl methyl sites for hydroxylation is 1. The Hall–Kier alpha value is -2.24. The van der Waals surface area contributed by atoms with Crippen LogP contribution in [0, 0.1) is 6.92 Å². The van der Waals surface area contributed by atoms with Crippen molar-refractivity contribution in [3.63, 3.8) is 0 Å². The number of para-hydroxylation sites is 1. The van der Waals surface area contributed by atoms with Crippen molar-refractivity contribution in [3.05, 3.63) is 59.9 Å². The highest BCUT2D eigenvalue weighted by molar-refractivity contribution is 5.92. The summed E-state index contributed by atoms with van der Waals surface area (Å²) in [7, 11) is 0. The monoisotopic (exact) mass is 299 g/mol. The molecule has 116 valence electrons. The van der Waals surface area contributed by atoms with Crippen molar-refractivity contribution in [1.82, 2.24) is 9.88 Å². The Kier molecular flexibility index (Phi) is 6.06. The van der Waals surface area contributed by atoms with Gasteiger partial charge in [-0.1, -0.05) is 24.3 Å². The average Bonchev–Trinajstić information content (AvgIpc) is 2.51. The number of aliphatic hydroxyl groups excluding tert-OH is 1. The zero-order valence-electron chi connectivity index (χ0n) is 12.7. The van der Waals surface area contributed by atoms with Crippen molar-refractivity contribution in [1.29, 1.82) is 0 Å². The summed E-state index contributed by atoms with van der Waals surface area (Å²) in [5, 5.41) is 12.1. The van der Waals surface area contributed by atoms with E-state index in [4.69, 9.17) is 0 Å². The number of carbonyl (C=O) groups excluding carboxylic acids is 1. The van der Waals surface area contributed by atoms with Crippen LogP contribution in [-0.2, 0) is 11.3 Å². The maximum Gasteiger partial charge on any atom is 0.238 e. The number of rotatable bonds is 7. The predicted molar refractivity (Wildman–Crippen MR) is 86.4 cm³/mol. The second-order valence-corrected chi connectivity index (χ2v) is 5.16. The first-order chi connectivity index (χ1) is 10.7. The van der Waals surface area contributed by atoms with Crippen LogP contribution >= 0.6 is 0 Å². The van der Waals surface area contributed by atoms with Crippen molar-refractivity contribution >= 4 is 11.6 Å². The fraction of sp³-hybridized carbons (Fsp3) is 0.294. The van der Waals surface area contributed by atoms with E-state index in [0.29, 0.717) is 13.1 Å². The van der Waals surface area contributed by atoms with Gasteiger partial charge >= 0.3 is 0 Å². The first-order valence-electron chi connectivity index (χ1n) is 7.26.